The van der Waals surface area contributed by atoms with Crippen molar-refractivity contribution in [2.24, 2.45) is 5.92 Å². The highest BCUT2D eigenvalue weighted by atomic mass is 16.4. The smallest absolute Gasteiger partial charge is 0.339 e. The zero-order chi connectivity index (χ0) is 25.6. The molecule has 2 atom stereocenters. The van der Waals surface area contributed by atoms with E-state index in [-0.39, 0.29) is 16.9 Å². The number of hydrogen-bond acceptors (Lipinski definition) is 5. The molecule has 194 valence electrons. The fraction of sp³-hybridized carbons (Fsp3) is 0.600. The number of benzene rings is 1. The number of carbonyl (C=O) groups excluding carboxylic acids is 1. The lowest BCUT2D eigenvalue weighted by atomic mass is 9.83. The van der Waals surface area contributed by atoms with Gasteiger partial charge in [0.15, 0.2) is 0 Å². The predicted molar refractivity (Wildman–Crippen MR) is 144 cm³/mol. The van der Waals surface area contributed by atoms with E-state index in [1.54, 1.807) is 0 Å². The molecule has 2 fully saturated rings. The number of hydrogen-bond donors (Lipinski definition) is 1. The third kappa shape index (κ3) is 4.60. The van der Waals surface area contributed by atoms with Crippen LogP contribution in [0, 0.1) is 19.8 Å². The van der Waals surface area contributed by atoms with Crippen LogP contribution in [0.3, 0.4) is 0 Å². The van der Waals surface area contributed by atoms with E-state index in [0.29, 0.717) is 35.9 Å². The standard InChI is InChI=1S/C30H40N2O4/c1-18-21(11-12-26(33)31-16-20-9-8-14-32-13-7-6-10-25(20)32)29(34)36-28-19(2)27-23(15-22(18)28)24(17-35-27)30(3,4)5/h15,17,20,25H,6-14,16H2,1-5H3,(H,31,33). The zero-order valence-electron chi connectivity index (χ0n) is 22.5. The first-order valence-corrected chi connectivity index (χ1v) is 13.6. The minimum atomic E-state index is -0.358. The average molecular weight is 493 g/mol. The Balaban J connectivity index is 1.33. The Labute approximate surface area is 213 Å². The van der Waals surface area contributed by atoms with Gasteiger partial charge in [0, 0.05) is 46.5 Å². The van der Waals surface area contributed by atoms with Gasteiger partial charge in [-0.05, 0) is 82.0 Å². The molecule has 36 heavy (non-hydrogen) atoms. The summed E-state index contributed by atoms with van der Waals surface area (Å²) in [7, 11) is 0. The fourth-order valence-corrected chi connectivity index (χ4v) is 6.45. The van der Waals surface area contributed by atoms with E-state index in [2.05, 4.69) is 37.1 Å². The number of carbonyl (C=O) groups is 1. The summed E-state index contributed by atoms with van der Waals surface area (Å²) in [5, 5.41) is 5.15. The normalized spacial score (nSPS) is 21.1. The molecule has 0 aliphatic carbocycles. The molecule has 0 spiro atoms. The van der Waals surface area contributed by atoms with Gasteiger partial charge < -0.3 is 19.1 Å². The van der Waals surface area contributed by atoms with Gasteiger partial charge in [0.2, 0.25) is 5.91 Å². The minimum absolute atomic E-state index is 0.0123. The second kappa shape index (κ2) is 9.70. The molecule has 0 saturated carbocycles. The number of aryl methyl sites for hydroxylation is 2. The fourth-order valence-electron chi connectivity index (χ4n) is 6.45. The number of fused-ring (bicyclic) bond motifs is 3. The molecule has 5 rings (SSSR count). The summed E-state index contributed by atoms with van der Waals surface area (Å²) >= 11 is 0. The molecule has 1 N–H and O–H groups in total. The van der Waals surface area contributed by atoms with Crippen molar-refractivity contribution in [3.05, 3.63) is 45.0 Å². The monoisotopic (exact) mass is 492 g/mol. The highest BCUT2D eigenvalue weighted by Gasteiger charge is 2.33. The van der Waals surface area contributed by atoms with Gasteiger partial charge in [-0.2, -0.15) is 0 Å². The SMILES string of the molecule is Cc1c(CCC(=O)NCC2CCCN3CCCCC23)c(=O)oc2c(C)c3occ(C(C)(C)C)c3cc12. The van der Waals surface area contributed by atoms with Crippen LogP contribution in [0.25, 0.3) is 21.9 Å². The average Bonchev–Trinajstić information content (AvgIpc) is 3.28. The molecule has 2 aliphatic rings. The first-order valence-electron chi connectivity index (χ1n) is 13.6. The van der Waals surface area contributed by atoms with Gasteiger partial charge in [0.05, 0.1) is 6.26 Å². The van der Waals surface area contributed by atoms with Crippen molar-refractivity contribution in [2.75, 3.05) is 19.6 Å². The van der Waals surface area contributed by atoms with Crippen molar-refractivity contribution >= 4 is 27.8 Å². The number of nitrogens with one attached hydrogen (secondary N) is 1. The lowest BCUT2D eigenvalue weighted by Crippen LogP contribution is -2.51. The van der Waals surface area contributed by atoms with E-state index in [0.717, 1.165) is 39.6 Å². The van der Waals surface area contributed by atoms with Crippen molar-refractivity contribution in [3.63, 3.8) is 0 Å². The van der Waals surface area contributed by atoms with E-state index in [1.807, 2.05) is 20.1 Å². The van der Waals surface area contributed by atoms with Gasteiger partial charge >= 0.3 is 5.63 Å². The lowest BCUT2D eigenvalue weighted by Gasteiger charge is -2.44. The second-order valence-corrected chi connectivity index (χ2v) is 12.0. The van der Waals surface area contributed by atoms with E-state index < -0.39 is 0 Å². The second-order valence-electron chi connectivity index (χ2n) is 12.0. The van der Waals surface area contributed by atoms with Crippen LogP contribution in [-0.4, -0.2) is 36.5 Å². The van der Waals surface area contributed by atoms with Crippen molar-refractivity contribution in [3.8, 4) is 0 Å². The molecule has 2 aliphatic heterocycles. The highest BCUT2D eigenvalue weighted by Crippen LogP contribution is 2.37. The van der Waals surface area contributed by atoms with Crippen molar-refractivity contribution in [2.45, 2.75) is 91.0 Å². The maximum atomic E-state index is 12.9. The summed E-state index contributed by atoms with van der Waals surface area (Å²) in [6.45, 7) is 13.5. The topological polar surface area (TPSA) is 75.7 Å². The third-order valence-electron chi connectivity index (χ3n) is 8.54. The van der Waals surface area contributed by atoms with E-state index >= 15 is 0 Å². The van der Waals surface area contributed by atoms with Crippen LogP contribution in [0.15, 0.2) is 26.0 Å². The summed E-state index contributed by atoms with van der Waals surface area (Å²) in [6.07, 6.45) is 8.73. The van der Waals surface area contributed by atoms with Crippen LogP contribution in [0.2, 0.25) is 0 Å². The molecule has 1 aromatic carbocycles. The van der Waals surface area contributed by atoms with Crippen LogP contribution in [0.4, 0.5) is 0 Å². The van der Waals surface area contributed by atoms with Crippen LogP contribution in [0.5, 0.6) is 0 Å². The van der Waals surface area contributed by atoms with E-state index in [9.17, 15) is 9.59 Å². The lowest BCUT2D eigenvalue weighted by molar-refractivity contribution is -0.121. The van der Waals surface area contributed by atoms with Gasteiger partial charge in [0.25, 0.3) is 0 Å². The molecule has 2 saturated heterocycles. The summed E-state index contributed by atoms with van der Waals surface area (Å²) in [6, 6.07) is 2.70. The van der Waals surface area contributed by atoms with Gasteiger partial charge in [-0.3, -0.25) is 4.79 Å². The maximum Gasteiger partial charge on any atom is 0.339 e. The largest absolute Gasteiger partial charge is 0.464 e. The Bertz CT molecular complexity index is 1340. The van der Waals surface area contributed by atoms with Crippen molar-refractivity contribution in [1.29, 1.82) is 0 Å². The Morgan fingerprint density at radius 1 is 1.06 bits per heavy atom. The summed E-state index contributed by atoms with van der Waals surface area (Å²) < 4.78 is 11.7. The highest BCUT2D eigenvalue weighted by molar-refractivity contribution is 6.00. The van der Waals surface area contributed by atoms with Gasteiger partial charge in [-0.25, -0.2) is 4.79 Å². The zero-order valence-corrected chi connectivity index (χ0v) is 22.5. The predicted octanol–water partition coefficient (Wildman–Crippen LogP) is 5.77. The molecule has 3 aromatic rings. The Kier molecular flexibility index (Phi) is 6.75. The summed E-state index contributed by atoms with van der Waals surface area (Å²) in [5.41, 5.74) is 4.37. The molecule has 0 radical (unpaired) electrons. The summed E-state index contributed by atoms with van der Waals surface area (Å²) in [5.74, 6) is 0.547. The van der Waals surface area contributed by atoms with Crippen LogP contribution >= 0.6 is 0 Å². The van der Waals surface area contributed by atoms with Gasteiger partial charge in [0.1, 0.15) is 11.2 Å². The minimum Gasteiger partial charge on any atom is -0.464 e. The van der Waals surface area contributed by atoms with Crippen LogP contribution in [-0.2, 0) is 16.6 Å². The Morgan fingerprint density at radius 3 is 2.61 bits per heavy atom. The van der Waals surface area contributed by atoms with Crippen LogP contribution in [0.1, 0.15) is 81.5 Å². The first-order chi connectivity index (χ1) is 17.1. The third-order valence-corrected chi connectivity index (χ3v) is 8.54. The molecular formula is C30H40N2O4. The van der Waals surface area contributed by atoms with Gasteiger partial charge in [-0.15, -0.1) is 0 Å². The van der Waals surface area contributed by atoms with Crippen molar-refractivity contribution in [1.82, 2.24) is 10.2 Å². The Morgan fingerprint density at radius 2 is 1.83 bits per heavy atom. The van der Waals surface area contributed by atoms with Crippen LogP contribution < -0.4 is 10.9 Å². The van der Waals surface area contributed by atoms with E-state index in [4.69, 9.17) is 8.83 Å². The Hall–Kier alpha value is -2.60. The van der Waals surface area contributed by atoms with Crippen molar-refractivity contribution < 1.29 is 13.6 Å². The quantitative estimate of drug-likeness (QED) is 0.458. The molecular weight excluding hydrogens is 452 g/mol. The maximum absolute atomic E-state index is 12.9. The van der Waals surface area contributed by atoms with E-state index in [1.165, 1.54) is 45.2 Å². The molecule has 1 amide bonds. The first kappa shape index (κ1) is 25.1. The molecule has 6 nitrogen and oxygen atoms in total. The number of amides is 1. The molecule has 4 heterocycles. The number of nitrogens with zero attached hydrogens (tertiary/aromatic N) is 1. The molecule has 0 bridgehead atoms. The molecule has 2 aromatic heterocycles. The number of piperidine rings is 2. The van der Waals surface area contributed by atoms with Gasteiger partial charge in [-0.1, -0.05) is 27.2 Å². The number of rotatable bonds is 5. The number of furan rings is 1. The summed E-state index contributed by atoms with van der Waals surface area (Å²) in [4.78, 5) is 28.4. The molecule has 6 heteroatoms. The molecule has 2 unspecified atom stereocenters.